The minimum absolute atomic E-state index is 0.242. The van der Waals surface area contributed by atoms with Crippen LogP contribution in [-0.2, 0) is 4.79 Å². The molecule has 7 heteroatoms. The van der Waals surface area contributed by atoms with Crippen LogP contribution in [0.4, 0.5) is 10.1 Å². The van der Waals surface area contributed by atoms with E-state index in [0.29, 0.717) is 17.1 Å². The molecule has 4 nitrogen and oxygen atoms in total. The smallest absolute Gasteiger partial charge is 0.281 e. The fourth-order valence-corrected chi connectivity index (χ4v) is 3.01. The first kappa shape index (κ1) is 16.6. The molecule has 0 aliphatic carbocycles. The number of benzene rings is 2. The summed E-state index contributed by atoms with van der Waals surface area (Å²) >= 11 is 8.63. The third-order valence-electron chi connectivity index (χ3n) is 3.45. The minimum Gasteiger partial charge on any atom is -0.496 e. The van der Waals surface area contributed by atoms with Crippen LogP contribution >= 0.6 is 28.1 Å². The molecule has 1 aliphatic rings. The topological polar surface area (TPSA) is 41.6 Å². The Balaban J connectivity index is 1.97. The summed E-state index contributed by atoms with van der Waals surface area (Å²) in [4.78, 5) is 14.0. The van der Waals surface area contributed by atoms with Gasteiger partial charge in [0.25, 0.3) is 5.91 Å². The van der Waals surface area contributed by atoms with E-state index in [4.69, 9.17) is 17.0 Å². The molecule has 2 aromatic carbocycles. The second kappa shape index (κ2) is 6.70. The monoisotopic (exact) mass is 406 g/mol. The first-order chi connectivity index (χ1) is 11.5. The van der Waals surface area contributed by atoms with Crippen LogP contribution in [0.1, 0.15) is 5.56 Å². The number of carbonyl (C=O) groups excluding carboxylic acids is 1. The van der Waals surface area contributed by atoms with Crippen LogP contribution in [0.5, 0.6) is 5.75 Å². The summed E-state index contributed by atoms with van der Waals surface area (Å²) in [5, 5.41) is 3.13. The van der Waals surface area contributed by atoms with E-state index in [1.807, 2.05) is 12.1 Å². The molecular weight excluding hydrogens is 395 g/mol. The second-order valence-corrected chi connectivity index (χ2v) is 6.29. The molecule has 0 radical (unpaired) electrons. The summed E-state index contributed by atoms with van der Waals surface area (Å²) < 4.78 is 19.2. The van der Waals surface area contributed by atoms with Gasteiger partial charge in [-0.25, -0.2) is 4.39 Å². The van der Waals surface area contributed by atoms with E-state index in [1.54, 1.807) is 19.3 Å². The van der Waals surface area contributed by atoms with Crippen LogP contribution in [-0.4, -0.2) is 18.1 Å². The zero-order valence-electron chi connectivity index (χ0n) is 12.5. The van der Waals surface area contributed by atoms with Crippen molar-refractivity contribution in [2.24, 2.45) is 0 Å². The summed E-state index contributed by atoms with van der Waals surface area (Å²) in [7, 11) is 1.56. The molecule has 1 aliphatic heterocycles. The van der Waals surface area contributed by atoms with Gasteiger partial charge < -0.3 is 10.1 Å². The number of nitrogens with zero attached hydrogens (tertiary/aromatic N) is 1. The minimum atomic E-state index is -0.376. The highest BCUT2D eigenvalue weighted by atomic mass is 79.9. The average Bonchev–Trinajstić information content (AvgIpc) is 2.83. The highest BCUT2D eigenvalue weighted by molar-refractivity contribution is 9.10. The lowest BCUT2D eigenvalue weighted by molar-refractivity contribution is -0.113. The number of halogens is 2. The Hall–Kier alpha value is -2.25. The number of methoxy groups -OCH3 is 1. The van der Waals surface area contributed by atoms with Gasteiger partial charge in [0.05, 0.1) is 12.8 Å². The van der Waals surface area contributed by atoms with E-state index in [0.717, 1.165) is 10.0 Å². The Morgan fingerprint density at radius 3 is 2.62 bits per heavy atom. The molecule has 2 aromatic rings. The van der Waals surface area contributed by atoms with Crippen molar-refractivity contribution in [3.8, 4) is 5.75 Å². The number of nitrogens with one attached hydrogen (secondary N) is 1. The van der Waals surface area contributed by atoms with Gasteiger partial charge >= 0.3 is 0 Å². The zero-order valence-corrected chi connectivity index (χ0v) is 14.9. The third-order valence-corrected chi connectivity index (χ3v) is 4.23. The summed E-state index contributed by atoms with van der Waals surface area (Å²) in [6.45, 7) is 0. The molecule has 1 N–H and O–H groups in total. The highest BCUT2D eigenvalue weighted by Crippen LogP contribution is 2.27. The number of amides is 1. The third kappa shape index (κ3) is 3.18. The van der Waals surface area contributed by atoms with Gasteiger partial charge in [-0.3, -0.25) is 9.69 Å². The molecule has 24 heavy (non-hydrogen) atoms. The predicted octanol–water partition coefficient (Wildman–Crippen LogP) is 3.86. The van der Waals surface area contributed by atoms with E-state index in [9.17, 15) is 9.18 Å². The fraction of sp³-hybridized carbons (Fsp3) is 0.0588. The van der Waals surface area contributed by atoms with Gasteiger partial charge in [0.2, 0.25) is 0 Å². The van der Waals surface area contributed by atoms with Gasteiger partial charge in [0, 0.05) is 10.0 Å². The Labute approximate surface area is 152 Å². The Bertz CT molecular complexity index is 852. The lowest BCUT2D eigenvalue weighted by atomic mass is 10.1. The van der Waals surface area contributed by atoms with Crippen LogP contribution in [0.15, 0.2) is 52.6 Å². The first-order valence-electron chi connectivity index (χ1n) is 6.96. The Morgan fingerprint density at radius 2 is 1.96 bits per heavy atom. The van der Waals surface area contributed by atoms with Crippen LogP contribution in [0.3, 0.4) is 0 Å². The van der Waals surface area contributed by atoms with Crippen molar-refractivity contribution in [2.75, 3.05) is 12.0 Å². The maximum Gasteiger partial charge on any atom is 0.281 e. The van der Waals surface area contributed by atoms with Crippen LogP contribution in [0.25, 0.3) is 6.08 Å². The number of anilines is 1. The van der Waals surface area contributed by atoms with Crippen molar-refractivity contribution in [3.05, 3.63) is 64.0 Å². The Kier molecular flexibility index (Phi) is 4.64. The number of hydrogen-bond donors (Lipinski definition) is 1. The summed E-state index contributed by atoms with van der Waals surface area (Å²) in [5.41, 5.74) is 1.55. The lowest BCUT2D eigenvalue weighted by Gasteiger charge is -2.13. The van der Waals surface area contributed by atoms with Gasteiger partial charge in [-0.15, -0.1) is 0 Å². The normalized spacial score (nSPS) is 15.8. The maximum absolute atomic E-state index is 13.1. The molecule has 1 heterocycles. The molecule has 1 amide bonds. The van der Waals surface area contributed by atoms with Crippen molar-refractivity contribution < 1.29 is 13.9 Å². The van der Waals surface area contributed by atoms with Crippen molar-refractivity contribution in [1.82, 2.24) is 5.32 Å². The number of thiocarbonyl (C=S) groups is 1. The van der Waals surface area contributed by atoms with E-state index >= 15 is 0 Å². The highest BCUT2D eigenvalue weighted by Gasteiger charge is 2.32. The van der Waals surface area contributed by atoms with E-state index in [-0.39, 0.29) is 16.8 Å². The van der Waals surface area contributed by atoms with Crippen molar-refractivity contribution in [2.45, 2.75) is 0 Å². The lowest BCUT2D eigenvalue weighted by Crippen LogP contribution is -2.30. The van der Waals surface area contributed by atoms with Crippen LogP contribution < -0.4 is 15.0 Å². The van der Waals surface area contributed by atoms with Crippen molar-refractivity contribution in [3.63, 3.8) is 0 Å². The van der Waals surface area contributed by atoms with E-state index < -0.39 is 0 Å². The SMILES string of the molecule is COc1ccc(Br)cc1/C=C1/NC(=S)N(c2ccc(F)cc2)C1=O. The van der Waals surface area contributed by atoms with Crippen LogP contribution in [0, 0.1) is 5.82 Å². The number of carbonyl (C=O) groups is 1. The maximum atomic E-state index is 13.1. The van der Waals surface area contributed by atoms with Gasteiger partial charge in [-0.1, -0.05) is 15.9 Å². The summed E-state index contributed by atoms with van der Waals surface area (Å²) in [6, 6.07) is 11.1. The van der Waals surface area contributed by atoms with Crippen LogP contribution in [0.2, 0.25) is 0 Å². The molecule has 0 aromatic heterocycles. The number of hydrogen-bond acceptors (Lipinski definition) is 3. The molecule has 3 rings (SSSR count). The molecule has 0 bridgehead atoms. The standard InChI is InChI=1S/C17H12BrFN2O2S/c1-23-15-7-2-11(18)8-10(15)9-14-16(22)21(17(24)20-14)13-5-3-12(19)4-6-13/h2-9H,1H3,(H,20,24)/b14-9+. The largest absolute Gasteiger partial charge is 0.496 e. The Morgan fingerprint density at radius 1 is 1.25 bits per heavy atom. The fourth-order valence-electron chi connectivity index (χ4n) is 2.33. The average molecular weight is 407 g/mol. The molecule has 0 spiro atoms. The molecule has 1 saturated heterocycles. The van der Waals surface area contributed by atoms with E-state index in [2.05, 4.69) is 21.2 Å². The molecule has 122 valence electrons. The van der Waals surface area contributed by atoms with Gasteiger partial charge in [-0.2, -0.15) is 0 Å². The second-order valence-electron chi connectivity index (χ2n) is 4.99. The predicted molar refractivity (Wildman–Crippen MR) is 98.3 cm³/mol. The molecule has 0 saturated carbocycles. The zero-order chi connectivity index (χ0) is 17.3. The molecular formula is C17H12BrFN2O2S. The van der Waals surface area contributed by atoms with Crippen molar-refractivity contribution in [1.29, 1.82) is 0 Å². The van der Waals surface area contributed by atoms with E-state index in [1.165, 1.54) is 29.2 Å². The summed E-state index contributed by atoms with van der Waals surface area (Å²) in [5.74, 6) is -0.0565. The number of rotatable bonds is 3. The number of ether oxygens (including phenoxy) is 1. The van der Waals surface area contributed by atoms with Gasteiger partial charge in [-0.05, 0) is 60.8 Å². The first-order valence-corrected chi connectivity index (χ1v) is 8.16. The van der Waals surface area contributed by atoms with Gasteiger partial charge in [0.1, 0.15) is 17.3 Å². The van der Waals surface area contributed by atoms with Gasteiger partial charge in [0.15, 0.2) is 5.11 Å². The summed E-state index contributed by atoms with van der Waals surface area (Å²) in [6.07, 6.45) is 1.67. The molecule has 0 atom stereocenters. The molecule has 0 unspecified atom stereocenters. The quantitative estimate of drug-likeness (QED) is 0.620. The molecule has 1 fully saturated rings. The van der Waals surface area contributed by atoms with Crippen molar-refractivity contribution >= 4 is 50.9 Å².